The van der Waals surface area contributed by atoms with Crippen LogP contribution in [0.15, 0.2) is 0 Å². The van der Waals surface area contributed by atoms with Crippen LogP contribution < -0.4 is 44.9 Å². The van der Waals surface area contributed by atoms with E-state index in [-0.39, 0.29) is 29.6 Å². The molecule has 0 rings (SSSR count). The molecule has 0 amide bonds. The number of alkyl halides is 3. The third-order valence-electron chi connectivity index (χ3n) is 1.12. The monoisotopic (exact) mass is 436 g/mol. The molecule has 3 unspecified atom stereocenters. The van der Waals surface area contributed by atoms with Gasteiger partial charge in [-0.3, -0.25) is 0 Å². The van der Waals surface area contributed by atoms with E-state index in [1.165, 1.54) is 16.6 Å². The van der Waals surface area contributed by atoms with Crippen molar-refractivity contribution in [3.05, 3.63) is 0 Å². The summed E-state index contributed by atoms with van der Waals surface area (Å²) in [6, 6.07) is 0. The molecular formula is C9H13AlCl3NaO10. The molecule has 4 N–H and O–H groups in total. The molecule has 0 aromatic heterocycles. The molecule has 0 aliphatic carbocycles. The normalized spacial score (nSPS) is 16.2. The van der Waals surface area contributed by atoms with Crippen LogP contribution in [-0.2, 0) is 14.4 Å². The molecule has 10 nitrogen and oxygen atoms in total. The molecule has 0 bridgehead atoms. The second-order valence-electron chi connectivity index (χ2n) is 3.72. The van der Waals surface area contributed by atoms with Gasteiger partial charge in [-0.05, 0) is 20.8 Å². The third kappa shape index (κ3) is 30.5. The van der Waals surface area contributed by atoms with Crippen molar-refractivity contribution in [1.29, 1.82) is 0 Å². The molecule has 0 aliphatic heterocycles. The molecule has 0 heterocycles. The number of carboxylic acid groups (broad SMARTS) is 3. The van der Waals surface area contributed by atoms with Gasteiger partial charge in [0.1, 0.15) is 0 Å². The van der Waals surface area contributed by atoms with Crippen molar-refractivity contribution in [2.24, 2.45) is 0 Å². The fourth-order valence-electron chi connectivity index (χ4n) is 0. The van der Waals surface area contributed by atoms with Crippen LogP contribution in [0.2, 0.25) is 0 Å². The molecule has 0 aromatic carbocycles. The second kappa shape index (κ2) is 15.9. The van der Waals surface area contributed by atoms with Crippen molar-refractivity contribution in [2.45, 2.75) is 36.0 Å². The summed E-state index contributed by atoms with van der Waals surface area (Å²) in [5.41, 5.74) is 0. The first kappa shape index (κ1) is 35.7. The van der Waals surface area contributed by atoms with Crippen LogP contribution in [0.3, 0.4) is 0 Å². The molecule has 134 valence electrons. The predicted octanol–water partition coefficient (Wildman–Crippen LogP) is -7.88. The first-order chi connectivity index (χ1) is 9.83. The van der Waals surface area contributed by atoms with Gasteiger partial charge in [0.15, 0.2) is 15.2 Å². The van der Waals surface area contributed by atoms with Crippen molar-refractivity contribution >= 4 is 69.3 Å². The number of rotatable bonds is 3. The molecule has 0 fully saturated rings. The van der Waals surface area contributed by atoms with Crippen LogP contribution >= 0.6 is 34.8 Å². The number of hydrogen-bond donors (Lipinski definition) is 4. The summed E-state index contributed by atoms with van der Waals surface area (Å²) >= 11 is 15.7. The van der Waals surface area contributed by atoms with Gasteiger partial charge in [-0.25, -0.2) is 0 Å². The molecule has 0 aromatic rings. The maximum absolute atomic E-state index is 9.53. The topological polar surface area (TPSA) is 201 Å². The van der Waals surface area contributed by atoms with Crippen LogP contribution in [0, 0.1) is 0 Å². The Morgan fingerprint density at radius 3 is 0.750 bits per heavy atom. The van der Waals surface area contributed by atoms with Crippen molar-refractivity contribution in [2.75, 3.05) is 0 Å². The Bertz CT molecular complexity index is 318. The van der Waals surface area contributed by atoms with Crippen LogP contribution in [0.25, 0.3) is 0 Å². The molecule has 24 heavy (non-hydrogen) atoms. The van der Waals surface area contributed by atoms with E-state index in [9.17, 15) is 29.7 Å². The van der Waals surface area contributed by atoms with Crippen LogP contribution in [-0.4, -0.2) is 69.2 Å². The average molecular weight is 438 g/mol. The van der Waals surface area contributed by atoms with E-state index in [1.54, 1.807) is 0 Å². The molecule has 0 radical (unpaired) electrons. The summed E-state index contributed by atoms with van der Waals surface area (Å²) in [6.45, 7) is 2.76. The number of carbonyl (C=O) groups is 3. The molecule has 0 saturated heterocycles. The zero-order chi connectivity index (χ0) is 20.2. The quantitative estimate of drug-likeness (QED) is 0.242. The van der Waals surface area contributed by atoms with Gasteiger partial charge in [0.2, 0.25) is 0 Å². The number of aliphatic carboxylic acids is 3. The number of hydrogen-bond acceptors (Lipinski definition) is 10. The summed E-state index contributed by atoms with van der Waals surface area (Å²) in [7, 11) is 0. The summed E-state index contributed by atoms with van der Waals surface area (Å²) < 4.78 is 6.92. The molecule has 0 aliphatic rings. The molecule has 0 spiro atoms. The van der Waals surface area contributed by atoms with E-state index in [2.05, 4.69) is 0 Å². The third-order valence-corrected chi connectivity index (χ3v) is 1.58. The van der Waals surface area contributed by atoms with E-state index in [4.69, 9.17) is 54.3 Å². The molecule has 15 heteroatoms. The Balaban J connectivity index is -0.0000000699. The molecular weight excluding hydrogens is 424 g/mol. The van der Waals surface area contributed by atoms with E-state index >= 15 is 0 Å². The van der Waals surface area contributed by atoms with Gasteiger partial charge in [-0.15, -0.1) is 0 Å². The second-order valence-corrected chi connectivity index (χ2v) is 5.93. The van der Waals surface area contributed by atoms with Crippen LogP contribution in [0.5, 0.6) is 0 Å². The van der Waals surface area contributed by atoms with Crippen molar-refractivity contribution in [3.8, 4) is 0 Å². The Hall–Kier alpha value is 0.652. The Labute approximate surface area is 183 Å². The molecule has 0 saturated carbocycles. The van der Waals surface area contributed by atoms with Gasteiger partial charge >= 0.3 is 50.3 Å². The fraction of sp³-hybridized carbons (Fsp3) is 0.667. The average Bonchev–Trinajstić information content (AvgIpc) is 2.29. The van der Waals surface area contributed by atoms with Gasteiger partial charge in [-0.2, -0.15) is 0 Å². The van der Waals surface area contributed by atoms with Gasteiger partial charge in [0, 0.05) is 0 Å². The Morgan fingerprint density at radius 2 is 0.750 bits per heavy atom. The summed E-state index contributed by atoms with van der Waals surface area (Å²) in [5, 5.41) is 46.5. The van der Waals surface area contributed by atoms with Crippen molar-refractivity contribution in [3.63, 3.8) is 0 Å². The van der Waals surface area contributed by atoms with Crippen LogP contribution in [0.1, 0.15) is 20.8 Å². The molecule has 3 atom stereocenters. The standard InChI is InChI=1S/3C3H5ClO3.Al.Na.H2O/c3*1-3(4,7)2(5)6;;;/h3*7H,1H3,(H,5,6);;;1H2/q;;;+3;+1;/p-4. The number of halogens is 3. The number of carboxylic acids is 3. The minimum atomic E-state index is -2.22. The maximum atomic E-state index is 9.53. The first-order valence-electron chi connectivity index (χ1n) is 4.97. The number of aliphatic hydroxyl groups is 3. The number of carbonyl (C=O) groups excluding carboxylic acids is 3. The Morgan fingerprint density at radius 1 is 0.708 bits per heavy atom. The van der Waals surface area contributed by atoms with Gasteiger partial charge < -0.3 is 45.0 Å². The fourth-order valence-corrected chi connectivity index (χ4v) is 0. The van der Waals surface area contributed by atoms with Crippen LogP contribution in [0.4, 0.5) is 0 Å². The van der Waals surface area contributed by atoms with Crippen molar-refractivity contribution < 1.29 is 78.7 Å². The van der Waals surface area contributed by atoms with Gasteiger partial charge in [0.05, 0.1) is 17.9 Å². The summed E-state index contributed by atoms with van der Waals surface area (Å²) in [5.74, 6) is -5.06. The summed E-state index contributed by atoms with van der Waals surface area (Å²) in [6.07, 6.45) is 0. The zero-order valence-corrected chi connectivity index (χ0v) is 18.4. The van der Waals surface area contributed by atoms with E-state index < -0.39 is 33.1 Å². The Kier molecular flexibility index (Phi) is 23.6. The predicted molar refractivity (Wildman–Crippen MR) is 72.4 cm³/mol. The SMILES string of the molecule is CC(O)(Cl)C(=O)[O-].CC(O)(Cl)C(=O)[O-].CC(O)(Cl)C(=O)[O-].[Na+].[OH][Al+2]. The minimum absolute atomic E-state index is 0. The van der Waals surface area contributed by atoms with E-state index in [1.807, 2.05) is 0 Å². The zero-order valence-electron chi connectivity index (χ0n) is 12.9. The van der Waals surface area contributed by atoms with E-state index in [0.29, 0.717) is 0 Å². The van der Waals surface area contributed by atoms with E-state index in [0.717, 1.165) is 20.8 Å². The van der Waals surface area contributed by atoms with Gasteiger partial charge in [-0.1, -0.05) is 34.8 Å². The first-order valence-corrected chi connectivity index (χ1v) is 6.62. The van der Waals surface area contributed by atoms with Crippen molar-refractivity contribution in [1.82, 2.24) is 0 Å². The summed E-state index contributed by atoms with van der Waals surface area (Å²) in [4.78, 5) is 28.6. The van der Waals surface area contributed by atoms with Gasteiger partial charge in [0.25, 0.3) is 0 Å².